The van der Waals surface area contributed by atoms with Crippen LogP contribution in [-0.2, 0) is 19.1 Å². The fourth-order valence-electron chi connectivity index (χ4n) is 3.59. The van der Waals surface area contributed by atoms with E-state index >= 15 is 0 Å². The van der Waals surface area contributed by atoms with E-state index in [4.69, 9.17) is 14.9 Å². The normalized spacial score (nSPS) is 11.8. The summed E-state index contributed by atoms with van der Waals surface area (Å²) in [6, 6.07) is 0. The molecule has 0 aromatic carbocycles. The second-order valence-electron chi connectivity index (χ2n) is 8.61. The van der Waals surface area contributed by atoms with Gasteiger partial charge in [-0.15, -0.1) is 0 Å². The van der Waals surface area contributed by atoms with Crippen LogP contribution in [0.5, 0.6) is 0 Å². The van der Waals surface area contributed by atoms with Gasteiger partial charge in [-0.3, -0.25) is 9.59 Å². The van der Waals surface area contributed by atoms with E-state index in [2.05, 4.69) is 6.92 Å². The molecule has 7 nitrogen and oxygen atoms in total. The van der Waals surface area contributed by atoms with Gasteiger partial charge in [-0.2, -0.15) is 0 Å². The summed E-state index contributed by atoms with van der Waals surface area (Å²) in [5.74, 6) is -4.13. The molecule has 1 atom stereocenters. The maximum atomic E-state index is 11.7. The first-order chi connectivity index (χ1) is 14.8. The molecule has 0 aromatic rings. The molecule has 0 heterocycles. The van der Waals surface area contributed by atoms with Gasteiger partial charge in [-0.25, -0.2) is 4.79 Å². The van der Waals surface area contributed by atoms with Crippen LogP contribution in [0.4, 0.5) is 0 Å². The standard InChI is InChI=1S/C24H44O7.3Na.3H/c1-2-3-4-5-6-7-8-9-10-11-12-13-14-15-16-17-18-31-22(27)20-24(30,23(28)29)19-21(25)26;;;;;;/h30H,2-20H2,1H3,(H,25,26)(H,28,29);;;;;;. The van der Waals surface area contributed by atoms with Crippen LogP contribution in [0.3, 0.4) is 0 Å². The van der Waals surface area contributed by atoms with Gasteiger partial charge in [0.15, 0.2) is 5.60 Å². The van der Waals surface area contributed by atoms with Gasteiger partial charge in [-0.05, 0) is 6.42 Å². The number of carboxylic acid groups (broad SMARTS) is 2. The molecular formula is C24H47Na3O7. The van der Waals surface area contributed by atoms with Gasteiger partial charge in [0.1, 0.15) is 0 Å². The Balaban J connectivity index is -0.00000150. The van der Waals surface area contributed by atoms with Crippen molar-refractivity contribution in [3.63, 3.8) is 0 Å². The average Bonchev–Trinajstić information content (AvgIpc) is 2.69. The number of aliphatic carboxylic acids is 2. The summed E-state index contributed by atoms with van der Waals surface area (Å²) >= 11 is 0. The maximum absolute atomic E-state index is 11.7. The molecule has 10 heteroatoms. The van der Waals surface area contributed by atoms with Crippen molar-refractivity contribution in [1.29, 1.82) is 0 Å². The number of carbonyl (C=O) groups is 3. The van der Waals surface area contributed by atoms with Crippen LogP contribution in [0.25, 0.3) is 0 Å². The van der Waals surface area contributed by atoms with Crippen LogP contribution in [0.1, 0.15) is 122 Å². The van der Waals surface area contributed by atoms with E-state index in [0.717, 1.165) is 19.3 Å². The van der Waals surface area contributed by atoms with Gasteiger partial charge in [-0.1, -0.05) is 103 Å². The number of carbonyl (C=O) groups excluding carboxylic acids is 1. The zero-order valence-electron chi connectivity index (χ0n) is 19.4. The molecule has 34 heavy (non-hydrogen) atoms. The number of hydrogen-bond donors (Lipinski definition) is 3. The van der Waals surface area contributed by atoms with E-state index in [1.807, 2.05) is 0 Å². The minimum atomic E-state index is -2.63. The summed E-state index contributed by atoms with van der Waals surface area (Å²) in [6.07, 6.45) is 18.0. The number of rotatable bonds is 22. The van der Waals surface area contributed by atoms with Crippen molar-refractivity contribution >= 4 is 107 Å². The Labute approximate surface area is 272 Å². The van der Waals surface area contributed by atoms with Crippen molar-refractivity contribution in [3.05, 3.63) is 0 Å². The molecule has 3 N–H and O–H groups in total. The molecule has 0 rings (SSSR count). The van der Waals surface area contributed by atoms with Gasteiger partial charge in [0.2, 0.25) is 0 Å². The molecular weight excluding hydrogens is 469 g/mol. The number of unbranched alkanes of at least 4 members (excludes halogenated alkanes) is 15. The quantitative estimate of drug-likeness (QED) is 0.114. The molecule has 0 saturated carbocycles. The Bertz CT molecular complexity index is 507. The van der Waals surface area contributed by atoms with E-state index in [1.54, 1.807) is 0 Å². The number of carboxylic acids is 2. The topological polar surface area (TPSA) is 121 Å². The summed E-state index contributed by atoms with van der Waals surface area (Å²) in [5.41, 5.74) is -2.63. The predicted octanol–water partition coefficient (Wildman–Crippen LogP) is 3.53. The van der Waals surface area contributed by atoms with E-state index < -0.39 is 36.4 Å². The van der Waals surface area contributed by atoms with E-state index in [9.17, 15) is 19.5 Å². The van der Waals surface area contributed by atoms with E-state index in [-0.39, 0.29) is 95.3 Å². The predicted molar refractivity (Wildman–Crippen MR) is 141 cm³/mol. The fraction of sp³-hybridized carbons (Fsp3) is 0.875. The number of ether oxygens (including phenoxy) is 1. The van der Waals surface area contributed by atoms with Crippen molar-refractivity contribution < 1.29 is 34.4 Å². The summed E-state index contributed by atoms with van der Waals surface area (Å²) < 4.78 is 4.93. The molecule has 0 spiro atoms. The molecule has 0 radical (unpaired) electrons. The van der Waals surface area contributed by atoms with Crippen LogP contribution in [0, 0.1) is 0 Å². The molecule has 0 aliphatic carbocycles. The van der Waals surface area contributed by atoms with Crippen molar-refractivity contribution in [2.45, 2.75) is 128 Å². The molecule has 0 fully saturated rings. The number of esters is 1. The molecule has 188 valence electrons. The fourth-order valence-corrected chi connectivity index (χ4v) is 3.59. The van der Waals surface area contributed by atoms with Gasteiger partial charge in [0, 0.05) is 0 Å². The third kappa shape index (κ3) is 26.4. The molecule has 0 bridgehead atoms. The van der Waals surface area contributed by atoms with Crippen LogP contribution >= 0.6 is 0 Å². The molecule has 0 saturated heterocycles. The molecule has 0 aromatic heterocycles. The monoisotopic (exact) mass is 516 g/mol. The average molecular weight is 517 g/mol. The zero-order chi connectivity index (χ0) is 23.4. The first kappa shape index (κ1) is 42.5. The van der Waals surface area contributed by atoms with Gasteiger partial charge in [0.25, 0.3) is 0 Å². The molecule has 1 unspecified atom stereocenters. The van der Waals surface area contributed by atoms with Gasteiger partial charge in [0.05, 0.1) is 19.4 Å². The molecule has 0 amide bonds. The van der Waals surface area contributed by atoms with Crippen molar-refractivity contribution in [2.24, 2.45) is 0 Å². The molecule has 0 aliphatic rings. The second-order valence-corrected chi connectivity index (χ2v) is 8.61. The van der Waals surface area contributed by atoms with Gasteiger partial charge < -0.3 is 20.1 Å². The number of aliphatic hydroxyl groups is 1. The third-order valence-electron chi connectivity index (χ3n) is 5.54. The van der Waals surface area contributed by atoms with E-state index in [1.165, 1.54) is 77.0 Å². The van der Waals surface area contributed by atoms with Crippen LogP contribution < -0.4 is 0 Å². The summed E-state index contributed by atoms with van der Waals surface area (Å²) in [6.45, 7) is 2.40. The summed E-state index contributed by atoms with van der Waals surface area (Å²) in [4.78, 5) is 33.3. The van der Waals surface area contributed by atoms with Crippen molar-refractivity contribution in [1.82, 2.24) is 0 Å². The van der Waals surface area contributed by atoms with Crippen LogP contribution in [-0.4, -0.2) is 134 Å². The SMILES string of the molecule is CCCCCCCCCCCCCCCCCCOC(=O)CC(O)(CC(=O)O)C(=O)O.[NaH].[NaH].[NaH]. The first-order valence-corrected chi connectivity index (χ1v) is 12.1. The van der Waals surface area contributed by atoms with Crippen molar-refractivity contribution in [2.75, 3.05) is 6.61 Å². The Kier molecular flexibility index (Phi) is 36.1. The first-order valence-electron chi connectivity index (χ1n) is 12.1. The van der Waals surface area contributed by atoms with Gasteiger partial charge >= 0.3 is 107 Å². The Morgan fingerprint density at radius 2 is 0.971 bits per heavy atom. The van der Waals surface area contributed by atoms with Crippen LogP contribution in [0.2, 0.25) is 0 Å². The molecule has 0 aliphatic heterocycles. The Morgan fingerprint density at radius 3 is 1.29 bits per heavy atom. The summed E-state index contributed by atoms with van der Waals surface area (Å²) in [5, 5.41) is 27.4. The zero-order valence-corrected chi connectivity index (χ0v) is 19.4. The van der Waals surface area contributed by atoms with Crippen molar-refractivity contribution in [3.8, 4) is 0 Å². The number of hydrogen-bond acceptors (Lipinski definition) is 5. The summed E-state index contributed by atoms with van der Waals surface area (Å²) in [7, 11) is 0. The second kappa shape index (κ2) is 28.9. The Hall–Kier alpha value is 1.37. The minimum absolute atomic E-state index is 0. The van der Waals surface area contributed by atoms with Crippen LogP contribution in [0.15, 0.2) is 0 Å². The Morgan fingerprint density at radius 1 is 0.618 bits per heavy atom. The third-order valence-corrected chi connectivity index (χ3v) is 5.54. The van der Waals surface area contributed by atoms with E-state index in [0.29, 0.717) is 6.42 Å².